The summed E-state index contributed by atoms with van der Waals surface area (Å²) < 4.78 is 10.3. The maximum atomic E-state index is 12.1. The lowest BCUT2D eigenvalue weighted by atomic mass is 10.2. The Labute approximate surface area is 122 Å². The van der Waals surface area contributed by atoms with Crippen LogP contribution < -0.4 is 14.8 Å². The van der Waals surface area contributed by atoms with Crippen LogP contribution in [0.1, 0.15) is 36.2 Å². The van der Waals surface area contributed by atoms with Crippen molar-refractivity contribution in [1.29, 1.82) is 0 Å². The minimum absolute atomic E-state index is 0.0977. The number of H-pyrrole nitrogens is 1. The highest BCUT2D eigenvalue weighted by atomic mass is 16.5. The largest absolute Gasteiger partial charge is 0.497 e. The van der Waals surface area contributed by atoms with Crippen LogP contribution >= 0.6 is 0 Å². The number of nitrogens with one attached hydrogen (secondary N) is 2. The summed E-state index contributed by atoms with van der Waals surface area (Å²) in [4.78, 5) is 16.3. The highest BCUT2D eigenvalue weighted by Gasteiger charge is 2.15. The number of carbonyl (C=O) groups is 1. The Kier molecular flexibility index (Phi) is 4.42. The molecule has 0 aliphatic rings. The molecule has 2 N–H and O–H groups in total. The van der Waals surface area contributed by atoms with E-state index in [0.29, 0.717) is 23.0 Å². The highest BCUT2D eigenvalue weighted by molar-refractivity contribution is 6.01. The first kappa shape index (κ1) is 14.8. The van der Waals surface area contributed by atoms with Gasteiger partial charge in [0.2, 0.25) is 5.82 Å². The van der Waals surface area contributed by atoms with Gasteiger partial charge in [-0.1, -0.05) is 13.8 Å². The number of benzene rings is 1. The number of nitrogens with zero attached hydrogens (tertiary/aromatic N) is 2. The van der Waals surface area contributed by atoms with Crippen LogP contribution in [-0.4, -0.2) is 35.3 Å². The average molecular weight is 290 g/mol. The van der Waals surface area contributed by atoms with Crippen molar-refractivity contribution in [3.63, 3.8) is 0 Å². The molecule has 2 aromatic rings. The minimum atomic E-state index is -0.395. The van der Waals surface area contributed by atoms with Crippen LogP contribution in [0.15, 0.2) is 18.2 Å². The summed E-state index contributed by atoms with van der Waals surface area (Å²) in [6, 6.07) is 5.10. The molecule has 1 aromatic heterocycles. The van der Waals surface area contributed by atoms with Gasteiger partial charge in [0.1, 0.15) is 17.3 Å². The molecule has 0 radical (unpaired) electrons. The van der Waals surface area contributed by atoms with Gasteiger partial charge in [-0.15, -0.1) is 5.10 Å². The van der Waals surface area contributed by atoms with E-state index in [9.17, 15) is 4.79 Å². The van der Waals surface area contributed by atoms with Gasteiger partial charge in [0.05, 0.1) is 14.2 Å². The summed E-state index contributed by atoms with van der Waals surface area (Å²) in [7, 11) is 3.09. The quantitative estimate of drug-likeness (QED) is 0.881. The zero-order valence-electron chi connectivity index (χ0n) is 12.4. The Morgan fingerprint density at radius 2 is 1.81 bits per heavy atom. The van der Waals surface area contributed by atoms with Gasteiger partial charge in [-0.3, -0.25) is 9.89 Å². The fourth-order valence-corrected chi connectivity index (χ4v) is 1.70. The van der Waals surface area contributed by atoms with Gasteiger partial charge >= 0.3 is 0 Å². The normalized spacial score (nSPS) is 10.5. The molecule has 0 aliphatic heterocycles. The summed E-state index contributed by atoms with van der Waals surface area (Å²) in [6.07, 6.45) is 0. The predicted molar refractivity (Wildman–Crippen MR) is 78.0 cm³/mol. The lowest BCUT2D eigenvalue weighted by Gasteiger charge is -2.08. The summed E-state index contributed by atoms with van der Waals surface area (Å²) in [5.74, 6) is 1.72. The second kappa shape index (κ2) is 6.25. The fourth-order valence-electron chi connectivity index (χ4n) is 1.70. The lowest BCUT2D eigenvalue weighted by molar-refractivity contribution is 0.101. The van der Waals surface area contributed by atoms with Gasteiger partial charge in [-0.25, -0.2) is 4.98 Å². The number of hydrogen-bond acceptors (Lipinski definition) is 5. The third-order valence-electron chi connectivity index (χ3n) is 2.86. The van der Waals surface area contributed by atoms with E-state index in [1.807, 2.05) is 13.8 Å². The van der Waals surface area contributed by atoms with Gasteiger partial charge in [-0.2, -0.15) is 0 Å². The highest BCUT2D eigenvalue weighted by Crippen LogP contribution is 2.25. The standard InChI is InChI=1S/C14H18N4O3/c1-8(2)12-16-13(18-17-12)14(19)15-9-5-10(20-3)7-11(6-9)21-4/h5-8H,1-4H3,(H,15,19)(H,16,17,18). The van der Waals surface area contributed by atoms with Crippen molar-refractivity contribution >= 4 is 11.6 Å². The smallest absolute Gasteiger partial charge is 0.295 e. The summed E-state index contributed by atoms with van der Waals surface area (Å²) in [6.45, 7) is 3.93. The van der Waals surface area contributed by atoms with E-state index in [0.717, 1.165) is 0 Å². The first-order chi connectivity index (χ1) is 10.0. The molecule has 0 aliphatic carbocycles. The molecule has 0 unspecified atom stereocenters. The molecule has 0 saturated heterocycles. The first-order valence-electron chi connectivity index (χ1n) is 6.50. The second-order valence-corrected chi connectivity index (χ2v) is 4.75. The van der Waals surface area contributed by atoms with E-state index in [-0.39, 0.29) is 11.7 Å². The predicted octanol–water partition coefficient (Wildman–Crippen LogP) is 2.20. The van der Waals surface area contributed by atoms with Crippen molar-refractivity contribution in [3.05, 3.63) is 29.8 Å². The molecule has 0 fully saturated rings. The molecule has 112 valence electrons. The van der Waals surface area contributed by atoms with Crippen molar-refractivity contribution in [3.8, 4) is 11.5 Å². The number of methoxy groups -OCH3 is 2. The van der Waals surface area contributed by atoms with Gasteiger partial charge in [0.15, 0.2) is 0 Å². The van der Waals surface area contributed by atoms with E-state index in [4.69, 9.17) is 9.47 Å². The van der Waals surface area contributed by atoms with Crippen LogP contribution in [-0.2, 0) is 0 Å². The molecule has 0 saturated carbocycles. The number of anilines is 1. The number of rotatable bonds is 5. The number of aromatic amines is 1. The minimum Gasteiger partial charge on any atom is -0.497 e. The van der Waals surface area contributed by atoms with Gasteiger partial charge in [-0.05, 0) is 0 Å². The maximum absolute atomic E-state index is 12.1. The number of ether oxygens (including phenoxy) is 2. The Hall–Kier alpha value is -2.57. The molecule has 0 atom stereocenters. The Morgan fingerprint density at radius 1 is 1.19 bits per heavy atom. The van der Waals surface area contributed by atoms with Gasteiger partial charge < -0.3 is 14.8 Å². The zero-order chi connectivity index (χ0) is 15.4. The summed E-state index contributed by atoms with van der Waals surface area (Å²) in [5.41, 5.74) is 0.548. The molecule has 7 nitrogen and oxygen atoms in total. The molecule has 1 aromatic carbocycles. The Bertz CT molecular complexity index is 615. The van der Waals surface area contributed by atoms with Crippen LogP contribution in [0.4, 0.5) is 5.69 Å². The van der Waals surface area contributed by atoms with Crippen LogP contribution in [0.2, 0.25) is 0 Å². The third-order valence-corrected chi connectivity index (χ3v) is 2.86. The average Bonchev–Trinajstić information content (AvgIpc) is 2.97. The molecular formula is C14H18N4O3. The van der Waals surface area contributed by atoms with E-state index >= 15 is 0 Å². The molecule has 1 amide bonds. The van der Waals surface area contributed by atoms with Gasteiger partial charge in [0.25, 0.3) is 5.91 Å². The monoisotopic (exact) mass is 290 g/mol. The molecule has 0 bridgehead atoms. The Morgan fingerprint density at radius 3 is 2.29 bits per heavy atom. The zero-order valence-corrected chi connectivity index (χ0v) is 12.4. The first-order valence-corrected chi connectivity index (χ1v) is 6.50. The molecule has 1 heterocycles. The fraction of sp³-hybridized carbons (Fsp3) is 0.357. The van der Waals surface area contributed by atoms with Crippen LogP contribution in [0, 0.1) is 0 Å². The van der Waals surface area contributed by atoms with Crippen LogP contribution in [0.3, 0.4) is 0 Å². The van der Waals surface area contributed by atoms with E-state index in [1.54, 1.807) is 32.4 Å². The van der Waals surface area contributed by atoms with E-state index in [1.165, 1.54) is 0 Å². The number of carbonyl (C=O) groups excluding carboxylic acids is 1. The molecule has 21 heavy (non-hydrogen) atoms. The van der Waals surface area contributed by atoms with Crippen molar-refractivity contribution < 1.29 is 14.3 Å². The van der Waals surface area contributed by atoms with E-state index < -0.39 is 5.91 Å². The number of aromatic nitrogens is 3. The topological polar surface area (TPSA) is 89.1 Å². The SMILES string of the molecule is COc1cc(NC(=O)c2n[nH]c(C(C)C)n2)cc(OC)c1. The van der Waals surface area contributed by atoms with Crippen molar-refractivity contribution in [2.45, 2.75) is 19.8 Å². The summed E-state index contributed by atoms with van der Waals surface area (Å²) >= 11 is 0. The third kappa shape index (κ3) is 3.50. The maximum Gasteiger partial charge on any atom is 0.295 e. The second-order valence-electron chi connectivity index (χ2n) is 4.75. The van der Waals surface area contributed by atoms with Gasteiger partial charge in [0, 0.05) is 29.8 Å². The molecule has 0 spiro atoms. The van der Waals surface area contributed by atoms with E-state index in [2.05, 4.69) is 20.5 Å². The number of hydrogen-bond donors (Lipinski definition) is 2. The van der Waals surface area contributed by atoms with Crippen LogP contribution in [0.25, 0.3) is 0 Å². The van der Waals surface area contributed by atoms with Crippen molar-refractivity contribution in [1.82, 2.24) is 15.2 Å². The van der Waals surface area contributed by atoms with Crippen LogP contribution in [0.5, 0.6) is 11.5 Å². The molecule has 2 rings (SSSR count). The lowest BCUT2D eigenvalue weighted by Crippen LogP contribution is -2.14. The van der Waals surface area contributed by atoms with Crippen molar-refractivity contribution in [2.75, 3.05) is 19.5 Å². The molecular weight excluding hydrogens is 272 g/mol. The van der Waals surface area contributed by atoms with Crippen molar-refractivity contribution in [2.24, 2.45) is 0 Å². The Balaban J connectivity index is 2.18. The molecule has 7 heteroatoms. The summed E-state index contributed by atoms with van der Waals surface area (Å²) in [5, 5.41) is 9.37. The number of amides is 1.